The summed E-state index contributed by atoms with van der Waals surface area (Å²) < 4.78 is 0. The number of nitrogens with zero attached hydrogens (tertiary/aromatic N) is 1. The number of rotatable bonds is 12. The zero-order valence-corrected chi connectivity index (χ0v) is 17.0. The highest BCUT2D eigenvalue weighted by molar-refractivity contribution is 5.92. The molecule has 32 heavy (non-hydrogen) atoms. The van der Waals surface area contributed by atoms with Crippen molar-refractivity contribution in [1.29, 1.82) is 0 Å². The van der Waals surface area contributed by atoms with Crippen molar-refractivity contribution in [3.63, 3.8) is 0 Å². The number of carboxylic acids is 2. The topological polar surface area (TPSA) is 208 Å². The van der Waals surface area contributed by atoms with Crippen molar-refractivity contribution in [2.45, 2.75) is 43.8 Å². The number of phenols is 1. The monoisotopic (exact) mass is 447 g/mol. The van der Waals surface area contributed by atoms with Crippen molar-refractivity contribution in [3.8, 4) is 5.75 Å². The molecule has 12 nitrogen and oxygen atoms in total. The minimum Gasteiger partial charge on any atom is -0.508 e. The first-order valence-corrected chi connectivity index (χ1v) is 9.71. The second kappa shape index (κ2) is 11.5. The number of aromatic hydroxyl groups is 1. The van der Waals surface area contributed by atoms with Crippen molar-refractivity contribution in [3.05, 3.63) is 48.0 Å². The first-order valence-electron chi connectivity index (χ1n) is 9.71. The second-order valence-electron chi connectivity index (χ2n) is 7.15. The number of hydrogen-bond donors (Lipinski definition) is 7. The second-order valence-corrected chi connectivity index (χ2v) is 7.15. The van der Waals surface area contributed by atoms with Crippen molar-refractivity contribution in [1.82, 2.24) is 20.6 Å². The fourth-order valence-electron chi connectivity index (χ4n) is 2.88. The fraction of sp³-hybridized carbons (Fsp3) is 0.350. The summed E-state index contributed by atoms with van der Waals surface area (Å²) in [5, 5.41) is 32.2. The van der Waals surface area contributed by atoms with Crippen molar-refractivity contribution in [2.75, 3.05) is 0 Å². The van der Waals surface area contributed by atoms with E-state index < -0.39 is 48.3 Å². The molecule has 1 aromatic heterocycles. The molecule has 0 aliphatic heterocycles. The summed E-state index contributed by atoms with van der Waals surface area (Å²) >= 11 is 0. The summed E-state index contributed by atoms with van der Waals surface area (Å²) in [4.78, 5) is 54.1. The maximum atomic E-state index is 12.7. The maximum Gasteiger partial charge on any atom is 0.326 e. The largest absolute Gasteiger partial charge is 0.508 e. The number of carbonyl (C=O) groups excluding carboxylic acids is 2. The van der Waals surface area contributed by atoms with Crippen LogP contribution in [0.25, 0.3) is 0 Å². The zero-order valence-electron chi connectivity index (χ0n) is 17.0. The van der Waals surface area contributed by atoms with Gasteiger partial charge in [0.05, 0.1) is 12.4 Å². The number of aliphatic carboxylic acids is 2. The van der Waals surface area contributed by atoms with Crippen LogP contribution in [-0.2, 0) is 32.0 Å². The van der Waals surface area contributed by atoms with Gasteiger partial charge in [-0.05, 0) is 30.5 Å². The molecule has 0 saturated carbocycles. The average Bonchev–Trinajstić information content (AvgIpc) is 3.24. The number of nitrogens with one attached hydrogen (secondary N) is 3. The van der Waals surface area contributed by atoms with Crippen LogP contribution in [0.2, 0.25) is 0 Å². The third-order valence-electron chi connectivity index (χ3n) is 4.60. The Morgan fingerprint density at radius 1 is 1.00 bits per heavy atom. The standard InChI is InChI=1S/C20H25N5O7/c21-14(7-11-1-3-13(26)4-2-11)18(29)25-16(8-12-9-22-10-23-12)19(30)24-15(20(31)32)5-6-17(27)28/h1-4,9-10,14-16,26H,5-8,21H2,(H,22,23)(H,24,30)(H,25,29)(H,27,28)(H,31,32). The molecular weight excluding hydrogens is 422 g/mol. The number of phenolic OH excluding ortho intramolecular Hbond substituents is 1. The number of nitrogens with two attached hydrogens (primary N) is 1. The van der Waals surface area contributed by atoms with E-state index in [1.54, 1.807) is 12.1 Å². The highest BCUT2D eigenvalue weighted by atomic mass is 16.4. The Labute approximate surface area is 182 Å². The number of hydrogen-bond acceptors (Lipinski definition) is 7. The SMILES string of the molecule is NC(Cc1ccc(O)cc1)C(=O)NC(Cc1cnc[nH]1)C(=O)NC(CCC(=O)O)C(=O)O. The van der Waals surface area contributed by atoms with E-state index in [1.807, 2.05) is 0 Å². The Kier molecular flexibility index (Phi) is 8.72. The number of H-pyrrole nitrogens is 1. The van der Waals surface area contributed by atoms with E-state index >= 15 is 0 Å². The first-order chi connectivity index (χ1) is 15.2. The molecular formula is C20H25N5O7. The van der Waals surface area contributed by atoms with Gasteiger partial charge in [0.2, 0.25) is 11.8 Å². The Morgan fingerprint density at radius 3 is 2.22 bits per heavy atom. The molecule has 0 fully saturated rings. The van der Waals surface area contributed by atoms with Gasteiger partial charge in [0.1, 0.15) is 17.8 Å². The highest BCUT2D eigenvalue weighted by Crippen LogP contribution is 2.11. The molecule has 12 heteroatoms. The predicted molar refractivity (Wildman–Crippen MR) is 110 cm³/mol. The van der Waals surface area contributed by atoms with Crippen LogP contribution in [-0.4, -0.2) is 67.2 Å². The minimum absolute atomic E-state index is 0.0191. The van der Waals surface area contributed by atoms with E-state index in [-0.39, 0.29) is 25.0 Å². The summed E-state index contributed by atoms with van der Waals surface area (Å²) in [6.45, 7) is 0. The van der Waals surface area contributed by atoms with Gasteiger partial charge >= 0.3 is 11.9 Å². The molecule has 0 radical (unpaired) electrons. The van der Waals surface area contributed by atoms with Gasteiger partial charge in [0, 0.05) is 24.7 Å². The maximum absolute atomic E-state index is 12.7. The van der Waals surface area contributed by atoms with Gasteiger partial charge in [-0.1, -0.05) is 12.1 Å². The Balaban J connectivity index is 2.08. The Hall–Kier alpha value is -3.93. The summed E-state index contributed by atoms with van der Waals surface area (Å²) in [5.41, 5.74) is 7.16. The van der Waals surface area contributed by atoms with E-state index in [9.17, 15) is 29.4 Å². The Bertz CT molecular complexity index is 930. The number of amides is 2. The third-order valence-corrected chi connectivity index (χ3v) is 4.60. The van der Waals surface area contributed by atoms with Crippen LogP contribution >= 0.6 is 0 Å². The third kappa shape index (κ3) is 7.72. The summed E-state index contributed by atoms with van der Waals surface area (Å²) in [7, 11) is 0. The van der Waals surface area contributed by atoms with Crippen molar-refractivity contribution < 1.29 is 34.5 Å². The molecule has 0 aliphatic carbocycles. The van der Waals surface area contributed by atoms with Gasteiger partial charge in [-0.3, -0.25) is 14.4 Å². The molecule has 3 unspecified atom stereocenters. The lowest BCUT2D eigenvalue weighted by molar-refractivity contribution is -0.143. The molecule has 1 aromatic carbocycles. The summed E-state index contributed by atoms with van der Waals surface area (Å²) in [6, 6.07) is 2.49. The minimum atomic E-state index is -1.44. The quantitative estimate of drug-likeness (QED) is 0.216. The van der Waals surface area contributed by atoms with Crippen molar-refractivity contribution in [2.24, 2.45) is 5.73 Å². The molecule has 2 aromatic rings. The molecule has 0 bridgehead atoms. The van der Waals surface area contributed by atoms with Crippen LogP contribution in [0.3, 0.4) is 0 Å². The normalized spacial score (nSPS) is 13.5. The van der Waals surface area contributed by atoms with Crippen molar-refractivity contribution >= 4 is 23.8 Å². The van der Waals surface area contributed by atoms with Gasteiger partial charge in [0.15, 0.2) is 0 Å². The summed E-state index contributed by atoms with van der Waals surface area (Å²) in [6.07, 6.45) is 2.18. The number of aromatic amines is 1. The smallest absolute Gasteiger partial charge is 0.326 e. The molecule has 0 aliphatic rings. The average molecular weight is 447 g/mol. The van der Waals surface area contributed by atoms with E-state index in [4.69, 9.17) is 10.8 Å². The molecule has 1 heterocycles. The summed E-state index contributed by atoms with van der Waals surface area (Å²) in [5.74, 6) is -3.97. The van der Waals surface area contributed by atoms with Gasteiger partial charge in [-0.15, -0.1) is 0 Å². The van der Waals surface area contributed by atoms with Crippen LogP contribution < -0.4 is 16.4 Å². The van der Waals surface area contributed by atoms with Crippen LogP contribution in [0.1, 0.15) is 24.1 Å². The van der Waals surface area contributed by atoms with E-state index in [1.165, 1.54) is 24.7 Å². The number of carboxylic acid groups (broad SMARTS) is 2. The van der Waals surface area contributed by atoms with E-state index in [0.717, 1.165) is 0 Å². The number of benzene rings is 1. The van der Waals surface area contributed by atoms with E-state index in [0.29, 0.717) is 11.3 Å². The highest BCUT2D eigenvalue weighted by Gasteiger charge is 2.29. The fourth-order valence-corrected chi connectivity index (χ4v) is 2.88. The molecule has 2 rings (SSSR count). The molecule has 0 spiro atoms. The predicted octanol–water partition coefficient (Wildman–Crippen LogP) is -0.853. The Morgan fingerprint density at radius 2 is 1.66 bits per heavy atom. The molecule has 3 atom stereocenters. The first kappa shape index (κ1) is 24.3. The van der Waals surface area contributed by atoms with E-state index in [2.05, 4.69) is 20.6 Å². The number of carbonyl (C=O) groups is 4. The van der Waals surface area contributed by atoms with Crippen LogP contribution in [0.5, 0.6) is 5.75 Å². The molecule has 8 N–H and O–H groups in total. The molecule has 0 saturated heterocycles. The lowest BCUT2D eigenvalue weighted by atomic mass is 10.0. The van der Waals surface area contributed by atoms with Crippen LogP contribution in [0.15, 0.2) is 36.8 Å². The van der Waals surface area contributed by atoms with Crippen LogP contribution in [0.4, 0.5) is 0 Å². The number of imidazole rings is 1. The van der Waals surface area contributed by atoms with Gasteiger partial charge < -0.3 is 36.7 Å². The van der Waals surface area contributed by atoms with Crippen LogP contribution in [0, 0.1) is 0 Å². The van der Waals surface area contributed by atoms with Gasteiger partial charge in [0.25, 0.3) is 0 Å². The lowest BCUT2D eigenvalue weighted by Gasteiger charge is -2.22. The van der Waals surface area contributed by atoms with Gasteiger partial charge in [-0.2, -0.15) is 0 Å². The number of aromatic nitrogens is 2. The van der Waals surface area contributed by atoms with Gasteiger partial charge in [-0.25, -0.2) is 9.78 Å². The lowest BCUT2D eigenvalue weighted by Crippen LogP contribution is -2.55. The molecule has 2 amide bonds. The molecule has 172 valence electrons. The zero-order chi connectivity index (χ0) is 23.7.